The Labute approximate surface area is 200 Å². The third-order valence-electron chi connectivity index (χ3n) is 5.15. The molecule has 8 heteroatoms. The van der Waals surface area contributed by atoms with E-state index in [0.717, 1.165) is 16.7 Å². The van der Waals surface area contributed by atoms with Crippen LogP contribution in [0.3, 0.4) is 0 Å². The third-order valence-corrected chi connectivity index (χ3v) is 7.27. The molecule has 0 aliphatic carbocycles. The molecule has 0 unspecified atom stereocenters. The Morgan fingerprint density at radius 1 is 1.00 bits per heavy atom. The summed E-state index contributed by atoms with van der Waals surface area (Å²) in [6, 6.07) is 21.6. The summed E-state index contributed by atoms with van der Waals surface area (Å²) in [7, 11) is -2.56. The number of amides is 1. The molecular formula is C25H27ClN2O4S. The highest BCUT2D eigenvalue weighted by atomic mass is 35.5. The van der Waals surface area contributed by atoms with Gasteiger partial charge >= 0.3 is 0 Å². The summed E-state index contributed by atoms with van der Waals surface area (Å²) >= 11 is 5.90. The van der Waals surface area contributed by atoms with Crippen LogP contribution < -0.4 is 10.1 Å². The molecule has 3 rings (SSSR count). The number of nitrogens with zero attached hydrogens (tertiary/aromatic N) is 1. The zero-order valence-electron chi connectivity index (χ0n) is 18.6. The summed E-state index contributed by atoms with van der Waals surface area (Å²) in [5.74, 6) is -0.153. The van der Waals surface area contributed by atoms with Gasteiger partial charge in [0.05, 0.1) is 13.7 Å². The first kappa shape index (κ1) is 24.8. The lowest BCUT2D eigenvalue weighted by Crippen LogP contribution is -2.41. The summed E-state index contributed by atoms with van der Waals surface area (Å²) in [6.07, 6.45) is 0.471. The Bertz CT molecular complexity index is 1180. The van der Waals surface area contributed by atoms with E-state index in [2.05, 4.69) is 5.32 Å². The van der Waals surface area contributed by atoms with Crippen molar-refractivity contribution in [1.82, 2.24) is 9.62 Å². The van der Waals surface area contributed by atoms with Gasteiger partial charge in [-0.05, 0) is 54.3 Å². The van der Waals surface area contributed by atoms with E-state index in [1.165, 1.54) is 11.4 Å². The van der Waals surface area contributed by atoms with Gasteiger partial charge in [-0.25, -0.2) is 8.42 Å². The number of benzene rings is 3. The monoisotopic (exact) mass is 486 g/mol. The second-order valence-electron chi connectivity index (χ2n) is 7.63. The summed E-state index contributed by atoms with van der Waals surface area (Å²) in [4.78, 5) is 12.8. The zero-order valence-corrected chi connectivity index (χ0v) is 20.2. The number of carbonyl (C=O) groups excluding carboxylic acids is 1. The highest BCUT2D eigenvalue weighted by Gasteiger charge is 2.29. The summed E-state index contributed by atoms with van der Waals surface area (Å²) in [5, 5.41) is 3.40. The third kappa shape index (κ3) is 6.81. The molecule has 3 aromatic carbocycles. The van der Waals surface area contributed by atoms with Gasteiger partial charge in [-0.3, -0.25) is 4.79 Å². The van der Waals surface area contributed by atoms with Crippen molar-refractivity contribution in [3.05, 3.63) is 94.5 Å². The fourth-order valence-corrected chi connectivity index (χ4v) is 5.09. The summed E-state index contributed by atoms with van der Waals surface area (Å²) in [6.45, 7) is 1.93. The lowest BCUT2D eigenvalue weighted by Gasteiger charge is -2.23. The zero-order chi connectivity index (χ0) is 23.8. The maximum absolute atomic E-state index is 13.6. The van der Waals surface area contributed by atoms with Crippen molar-refractivity contribution in [2.45, 2.75) is 24.8 Å². The van der Waals surface area contributed by atoms with Gasteiger partial charge in [-0.1, -0.05) is 60.1 Å². The molecule has 0 radical (unpaired) electrons. The van der Waals surface area contributed by atoms with Crippen LogP contribution in [-0.2, 0) is 27.8 Å². The van der Waals surface area contributed by atoms with Gasteiger partial charge in [0.1, 0.15) is 10.6 Å². The number of hydrogen-bond donors (Lipinski definition) is 1. The Kier molecular flexibility index (Phi) is 8.49. The molecule has 0 fully saturated rings. The number of rotatable bonds is 10. The van der Waals surface area contributed by atoms with E-state index in [1.807, 2.05) is 49.4 Å². The second kappa shape index (κ2) is 11.3. The number of methoxy groups -OCH3 is 1. The van der Waals surface area contributed by atoms with Gasteiger partial charge in [0.15, 0.2) is 0 Å². The van der Waals surface area contributed by atoms with Gasteiger partial charge in [-0.15, -0.1) is 0 Å². The van der Waals surface area contributed by atoms with E-state index in [1.54, 1.807) is 30.3 Å². The largest absolute Gasteiger partial charge is 0.495 e. The Morgan fingerprint density at radius 2 is 1.70 bits per heavy atom. The summed E-state index contributed by atoms with van der Waals surface area (Å²) < 4.78 is 33.7. The molecule has 0 heterocycles. The molecule has 0 aliphatic rings. The van der Waals surface area contributed by atoms with Crippen molar-refractivity contribution in [2.24, 2.45) is 0 Å². The van der Waals surface area contributed by atoms with Gasteiger partial charge < -0.3 is 10.1 Å². The smallest absolute Gasteiger partial charge is 0.247 e. The first-order chi connectivity index (χ1) is 15.8. The minimum absolute atomic E-state index is 0.0450. The fraction of sp³-hybridized carbons (Fsp3) is 0.240. The first-order valence-electron chi connectivity index (χ1n) is 10.5. The quantitative estimate of drug-likeness (QED) is 0.466. The topological polar surface area (TPSA) is 75.7 Å². The number of carbonyl (C=O) groups is 1. The Hall–Kier alpha value is -2.87. The van der Waals surface area contributed by atoms with Crippen molar-refractivity contribution < 1.29 is 17.9 Å². The predicted octanol–water partition coefficient (Wildman–Crippen LogP) is 4.21. The summed E-state index contributed by atoms with van der Waals surface area (Å²) in [5.41, 5.74) is 2.63. The molecule has 0 aromatic heterocycles. The molecule has 0 saturated heterocycles. The average molecular weight is 487 g/mol. The van der Waals surface area contributed by atoms with Crippen LogP contribution in [0.15, 0.2) is 77.7 Å². The van der Waals surface area contributed by atoms with E-state index >= 15 is 0 Å². The maximum atomic E-state index is 13.6. The van der Waals surface area contributed by atoms with Gasteiger partial charge in [0.2, 0.25) is 15.9 Å². The maximum Gasteiger partial charge on any atom is 0.247 e. The number of hydrogen-bond acceptors (Lipinski definition) is 4. The van der Waals surface area contributed by atoms with Crippen LogP contribution in [0.5, 0.6) is 5.75 Å². The van der Waals surface area contributed by atoms with Crippen molar-refractivity contribution in [1.29, 1.82) is 0 Å². The van der Waals surface area contributed by atoms with Crippen molar-refractivity contribution in [3.63, 3.8) is 0 Å². The number of nitrogens with one attached hydrogen (secondary N) is 1. The van der Waals surface area contributed by atoms with Crippen molar-refractivity contribution >= 4 is 27.5 Å². The van der Waals surface area contributed by atoms with Crippen LogP contribution in [-0.4, -0.2) is 38.8 Å². The van der Waals surface area contributed by atoms with E-state index in [0.29, 0.717) is 11.4 Å². The molecule has 1 N–H and O–H groups in total. The molecule has 0 aliphatic heterocycles. The van der Waals surface area contributed by atoms with Gasteiger partial charge in [0, 0.05) is 18.1 Å². The minimum Gasteiger partial charge on any atom is -0.495 e. The first-order valence-corrected chi connectivity index (χ1v) is 12.3. The number of ether oxygens (including phenoxy) is 1. The molecule has 0 saturated carbocycles. The normalized spacial score (nSPS) is 11.4. The van der Waals surface area contributed by atoms with Crippen LogP contribution in [0.25, 0.3) is 0 Å². The number of aryl methyl sites for hydroxylation is 1. The highest BCUT2D eigenvalue weighted by molar-refractivity contribution is 7.89. The second-order valence-corrected chi connectivity index (χ2v) is 9.97. The molecule has 6 nitrogen and oxygen atoms in total. The molecule has 0 atom stereocenters. The van der Waals surface area contributed by atoms with E-state index < -0.39 is 15.9 Å². The van der Waals surface area contributed by atoms with Crippen LogP contribution in [0.4, 0.5) is 0 Å². The van der Waals surface area contributed by atoms with Crippen molar-refractivity contribution in [3.8, 4) is 5.75 Å². The van der Waals surface area contributed by atoms with Crippen LogP contribution in [0.2, 0.25) is 5.02 Å². The highest BCUT2D eigenvalue weighted by Crippen LogP contribution is 2.28. The predicted molar refractivity (Wildman–Crippen MR) is 130 cm³/mol. The van der Waals surface area contributed by atoms with Crippen LogP contribution in [0.1, 0.15) is 16.7 Å². The van der Waals surface area contributed by atoms with E-state index in [-0.39, 0.29) is 30.3 Å². The Morgan fingerprint density at radius 3 is 2.36 bits per heavy atom. The van der Waals surface area contributed by atoms with Crippen LogP contribution >= 0.6 is 11.6 Å². The minimum atomic E-state index is -3.99. The molecule has 174 valence electrons. The molecule has 33 heavy (non-hydrogen) atoms. The fourth-order valence-electron chi connectivity index (χ4n) is 3.33. The van der Waals surface area contributed by atoms with Gasteiger partial charge in [-0.2, -0.15) is 4.31 Å². The van der Waals surface area contributed by atoms with Gasteiger partial charge in [0.25, 0.3) is 0 Å². The van der Waals surface area contributed by atoms with E-state index in [4.69, 9.17) is 16.3 Å². The Balaban J connectivity index is 1.81. The average Bonchev–Trinajstić information content (AvgIpc) is 2.82. The number of sulfonamides is 1. The number of halogens is 1. The molecule has 0 spiro atoms. The van der Waals surface area contributed by atoms with Crippen LogP contribution in [0, 0.1) is 6.92 Å². The van der Waals surface area contributed by atoms with E-state index in [9.17, 15) is 13.2 Å². The van der Waals surface area contributed by atoms with Crippen molar-refractivity contribution in [2.75, 3.05) is 20.2 Å². The standard InChI is InChI=1S/C25H27ClN2O4S/c1-19-8-13-23(32-2)24(16-19)33(30,31)28(15-14-20-6-4-3-5-7-20)18-25(29)27-17-21-9-11-22(26)12-10-21/h3-13,16H,14-15,17-18H2,1-2H3,(H,27,29). The molecule has 1 amide bonds. The molecule has 0 bridgehead atoms. The lowest BCUT2D eigenvalue weighted by atomic mass is 10.1. The SMILES string of the molecule is COc1ccc(C)cc1S(=O)(=O)N(CCc1ccccc1)CC(=O)NCc1ccc(Cl)cc1. The lowest BCUT2D eigenvalue weighted by molar-refractivity contribution is -0.121. The molecular weight excluding hydrogens is 460 g/mol. The molecule has 3 aromatic rings.